The van der Waals surface area contributed by atoms with Gasteiger partial charge in [-0.3, -0.25) is 4.79 Å². The van der Waals surface area contributed by atoms with E-state index in [2.05, 4.69) is 40.0 Å². The fourth-order valence-corrected chi connectivity index (χ4v) is 2.44. The average Bonchev–Trinajstić information content (AvgIpc) is 2.55. The molecule has 0 aromatic heterocycles. The van der Waals surface area contributed by atoms with Gasteiger partial charge in [-0.05, 0) is 39.7 Å². The molecule has 0 atom stereocenters. The molecule has 0 unspecified atom stereocenters. The third-order valence-corrected chi connectivity index (χ3v) is 3.71. The minimum Gasteiger partial charge on any atom is -0.492 e. The Morgan fingerprint density at radius 2 is 2.00 bits per heavy atom. The van der Waals surface area contributed by atoms with Gasteiger partial charge < -0.3 is 10.1 Å². The van der Waals surface area contributed by atoms with Crippen LogP contribution in [0, 0.1) is 0 Å². The van der Waals surface area contributed by atoms with Crippen molar-refractivity contribution < 1.29 is 9.53 Å². The second kappa shape index (κ2) is 8.39. The van der Waals surface area contributed by atoms with Crippen LogP contribution in [-0.4, -0.2) is 19.1 Å². The number of ether oxygens (including phenoxy) is 1. The van der Waals surface area contributed by atoms with Crippen LogP contribution in [0.2, 0.25) is 0 Å². The summed E-state index contributed by atoms with van der Waals surface area (Å²) in [5.74, 6) is 0.604. The Labute approximate surface area is 139 Å². The van der Waals surface area contributed by atoms with Crippen LogP contribution < -0.4 is 10.1 Å². The van der Waals surface area contributed by atoms with E-state index in [0.717, 1.165) is 16.6 Å². The first kappa shape index (κ1) is 16.3. The van der Waals surface area contributed by atoms with Gasteiger partial charge in [0.2, 0.25) is 0 Å². The van der Waals surface area contributed by atoms with E-state index in [4.69, 9.17) is 4.74 Å². The van der Waals surface area contributed by atoms with Gasteiger partial charge in [-0.15, -0.1) is 6.58 Å². The molecule has 0 fully saturated rings. The lowest BCUT2D eigenvalue weighted by molar-refractivity contribution is 0.0958. The smallest absolute Gasteiger partial charge is 0.251 e. The molecule has 1 N–H and O–H groups in total. The summed E-state index contributed by atoms with van der Waals surface area (Å²) < 4.78 is 6.53. The summed E-state index contributed by atoms with van der Waals surface area (Å²) in [5, 5.41) is 2.74. The molecule has 3 nitrogen and oxygen atoms in total. The first-order chi connectivity index (χ1) is 10.7. The summed E-state index contributed by atoms with van der Waals surface area (Å²) >= 11 is 3.44. The summed E-state index contributed by atoms with van der Waals surface area (Å²) in [6.45, 7) is 4.61. The molecule has 114 valence electrons. The first-order valence-corrected chi connectivity index (χ1v) is 7.85. The highest BCUT2D eigenvalue weighted by atomic mass is 79.9. The predicted molar refractivity (Wildman–Crippen MR) is 92.3 cm³/mol. The highest BCUT2D eigenvalue weighted by Gasteiger charge is 2.08. The molecule has 0 saturated carbocycles. The number of halogens is 1. The third kappa shape index (κ3) is 4.74. The molecule has 0 heterocycles. The second-order valence-corrected chi connectivity index (χ2v) is 5.58. The Morgan fingerprint density at radius 3 is 2.68 bits per heavy atom. The zero-order chi connectivity index (χ0) is 15.8. The molecule has 0 spiro atoms. The van der Waals surface area contributed by atoms with Gasteiger partial charge in [0.25, 0.3) is 5.91 Å². The van der Waals surface area contributed by atoms with Gasteiger partial charge >= 0.3 is 0 Å². The van der Waals surface area contributed by atoms with Crippen molar-refractivity contribution >= 4 is 21.8 Å². The van der Waals surface area contributed by atoms with E-state index in [0.29, 0.717) is 18.7 Å². The molecule has 0 aliphatic rings. The number of rotatable bonds is 7. The quantitative estimate of drug-likeness (QED) is 0.759. The molecular formula is C18H18BrNO2. The van der Waals surface area contributed by atoms with Crippen molar-refractivity contribution in [1.29, 1.82) is 0 Å². The fraction of sp³-hybridized carbons (Fsp3) is 0.167. The maximum absolute atomic E-state index is 11.8. The number of benzene rings is 2. The summed E-state index contributed by atoms with van der Waals surface area (Å²) in [5.41, 5.74) is 1.82. The standard InChI is InChI=1S/C18H18BrNO2/c1-2-11-20-18(21)15-8-9-17(16(19)13-15)22-12-10-14-6-4-3-5-7-14/h2-9,13H,1,10-12H2,(H,20,21). The van der Waals surface area contributed by atoms with Crippen molar-refractivity contribution in [3.63, 3.8) is 0 Å². The fourth-order valence-electron chi connectivity index (χ4n) is 1.95. The Kier molecular flexibility index (Phi) is 6.22. The van der Waals surface area contributed by atoms with E-state index in [9.17, 15) is 4.79 Å². The number of hydrogen-bond donors (Lipinski definition) is 1. The lowest BCUT2D eigenvalue weighted by Gasteiger charge is -2.10. The summed E-state index contributed by atoms with van der Waals surface area (Å²) in [7, 11) is 0. The molecule has 0 aliphatic carbocycles. The SMILES string of the molecule is C=CCNC(=O)c1ccc(OCCc2ccccc2)c(Br)c1. The van der Waals surface area contributed by atoms with Crippen molar-refractivity contribution in [3.8, 4) is 5.75 Å². The zero-order valence-electron chi connectivity index (χ0n) is 12.2. The summed E-state index contributed by atoms with van der Waals surface area (Å²) in [4.78, 5) is 11.8. The monoisotopic (exact) mass is 359 g/mol. The topological polar surface area (TPSA) is 38.3 Å². The Hall–Kier alpha value is -2.07. The van der Waals surface area contributed by atoms with Gasteiger partial charge in [-0.25, -0.2) is 0 Å². The number of hydrogen-bond acceptors (Lipinski definition) is 2. The molecule has 1 amide bonds. The molecular weight excluding hydrogens is 342 g/mol. The van der Waals surface area contributed by atoms with Crippen LogP contribution in [0.1, 0.15) is 15.9 Å². The minimum absolute atomic E-state index is 0.128. The van der Waals surface area contributed by atoms with E-state index in [1.807, 2.05) is 18.2 Å². The number of amides is 1. The molecule has 0 saturated heterocycles. The molecule has 0 aliphatic heterocycles. The molecule has 0 bridgehead atoms. The third-order valence-electron chi connectivity index (χ3n) is 3.09. The van der Waals surface area contributed by atoms with Crippen LogP contribution in [0.25, 0.3) is 0 Å². The zero-order valence-corrected chi connectivity index (χ0v) is 13.8. The summed E-state index contributed by atoms with van der Waals surface area (Å²) in [6.07, 6.45) is 2.49. The van der Waals surface area contributed by atoms with E-state index in [1.54, 1.807) is 24.3 Å². The Morgan fingerprint density at radius 1 is 1.23 bits per heavy atom. The van der Waals surface area contributed by atoms with Crippen molar-refractivity contribution in [2.45, 2.75) is 6.42 Å². The first-order valence-electron chi connectivity index (χ1n) is 7.06. The second-order valence-electron chi connectivity index (χ2n) is 4.73. The van der Waals surface area contributed by atoms with Crippen molar-refractivity contribution in [2.75, 3.05) is 13.2 Å². The number of carbonyl (C=O) groups is 1. The van der Waals surface area contributed by atoms with Crippen LogP contribution in [0.15, 0.2) is 65.7 Å². The molecule has 2 rings (SSSR count). The van der Waals surface area contributed by atoms with Gasteiger partial charge in [0, 0.05) is 18.5 Å². The van der Waals surface area contributed by atoms with E-state index >= 15 is 0 Å². The van der Waals surface area contributed by atoms with Crippen LogP contribution >= 0.6 is 15.9 Å². The van der Waals surface area contributed by atoms with Gasteiger partial charge in [-0.1, -0.05) is 36.4 Å². The molecule has 2 aromatic carbocycles. The number of nitrogens with one attached hydrogen (secondary N) is 1. The normalized spacial score (nSPS) is 10.0. The van der Waals surface area contributed by atoms with Crippen LogP contribution in [-0.2, 0) is 6.42 Å². The molecule has 0 radical (unpaired) electrons. The van der Waals surface area contributed by atoms with Crippen LogP contribution in [0.3, 0.4) is 0 Å². The Balaban J connectivity index is 1.92. The molecule has 4 heteroatoms. The van der Waals surface area contributed by atoms with E-state index < -0.39 is 0 Å². The lowest BCUT2D eigenvalue weighted by Crippen LogP contribution is -2.23. The lowest BCUT2D eigenvalue weighted by atomic mass is 10.2. The highest BCUT2D eigenvalue weighted by molar-refractivity contribution is 9.10. The predicted octanol–water partition coefficient (Wildman–Crippen LogP) is 3.99. The largest absolute Gasteiger partial charge is 0.492 e. The van der Waals surface area contributed by atoms with Gasteiger partial charge in [0.05, 0.1) is 11.1 Å². The van der Waals surface area contributed by atoms with Crippen molar-refractivity contribution in [2.24, 2.45) is 0 Å². The highest BCUT2D eigenvalue weighted by Crippen LogP contribution is 2.26. The minimum atomic E-state index is -0.128. The molecule has 22 heavy (non-hydrogen) atoms. The summed E-state index contributed by atoms with van der Waals surface area (Å²) in [6, 6.07) is 15.5. The number of carbonyl (C=O) groups excluding carboxylic acids is 1. The van der Waals surface area contributed by atoms with Crippen LogP contribution in [0.4, 0.5) is 0 Å². The van der Waals surface area contributed by atoms with Gasteiger partial charge in [-0.2, -0.15) is 0 Å². The van der Waals surface area contributed by atoms with Crippen molar-refractivity contribution in [1.82, 2.24) is 5.32 Å². The van der Waals surface area contributed by atoms with E-state index in [1.165, 1.54) is 5.56 Å². The van der Waals surface area contributed by atoms with Gasteiger partial charge in [0.1, 0.15) is 5.75 Å². The van der Waals surface area contributed by atoms with E-state index in [-0.39, 0.29) is 5.91 Å². The molecule has 2 aromatic rings. The maximum Gasteiger partial charge on any atom is 0.251 e. The van der Waals surface area contributed by atoms with Crippen molar-refractivity contribution in [3.05, 3.63) is 76.8 Å². The van der Waals surface area contributed by atoms with Crippen LogP contribution in [0.5, 0.6) is 5.75 Å². The Bertz CT molecular complexity index is 641. The van der Waals surface area contributed by atoms with Gasteiger partial charge in [0.15, 0.2) is 0 Å². The average molecular weight is 360 g/mol. The maximum atomic E-state index is 11.8.